The number of hydrogen-bond donors (Lipinski definition) is 1. The van der Waals surface area contributed by atoms with Gasteiger partial charge in [-0.05, 0) is 54.6 Å². The molecule has 32 heavy (non-hydrogen) atoms. The maximum atomic E-state index is 6.53. The monoisotopic (exact) mass is 458 g/mol. The van der Waals surface area contributed by atoms with Gasteiger partial charge in [0.1, 0.15) is 0 Å². The lowest BCUT2D eigenvalue weighted by atomic mass is 9.84. The maximum absolute atomic E-state index is 6.53. The number of allylic oxidation sites excluding steroid dienone is 2. The van der Waals surface area contributed by atoms with Gasteiger partial charge in [0, 0.05) is 29.5 Å². The maximum Gasteiger partial charge on any atom is 0.174 e. The van der Waals surface area contributed by atoms with E-state index in [1.807, 2.05) is 29.2 Å². The third-order valence-corrected chi connectivity index (χ3v) is 10.0. The number of likely N-dealkylation sites (N-methyl/N-ethyl adjacent to an activating group) is 1. The number of para-hydroxylation sites is 2. The molecular formula is C26H27N4PS. The first-order valence-corrected chi connectivity index (χ1v) is 13.5. The van der Waals surface area contributed by atoms with E-state index in [2.05, 4.69) is 98.5 Å². The largest absolute Gasteiger partial charge is 0.346 e. The van der Waals surface area contributed by atoms with Gasteiger partial charge in [-0.2, -0.15) is 5.10 Å². The molecule has 1 unspecified atom stereocenters. The highest BCUT2D eigenvalue weighted by Crippen LogP contribution is 2.65. The van der Waals surface area contributed by atoms with Crippen LogP contribution in [0.4, 0.5) is 17.1 Å². The van der Waals surface area contributed by atoms with Crippen LogP contribution in [0.2, 0.25) is 0 Å². The third kappa shape index (κ3) is 3.19. The van der Waals surface area contributed by atoms with Crippen LogP contribution >= 0.6 is 6.34 Å². The Morgan fingerprint density at radius 1 is 0.906 bits per heavy atom. The summed E-state index contributed by atoms with van der Waals surface area (Å²) in [6.45, 7) is 6.66. The quantitative estimate of drug-likeness (QED) is 0.434. The fourth-order valence-corrected chi connectivity index (χ4v) is 8.35. The van der Waals surface area contributed by atoms with E-state index in [0.717, 1.165) is 16.7 Å². The van der Waals surface area contributed by atoms with Crippen LogP contribution in [0, 0.1) is 6.92 Å². The Morgan fingerprint density at radius 2 is 1.56 bits per heavy atom. The number of hydrogen-bond acceptors (Lipinski definition) is 3. The highest BCUT2D eigenvalue weighted by atomic mass is 32.4. The molecule has 0 fully saturated rings. The zero-order valence-electron chi connectivity index (χ0n) is 18.8. The SMILES string of the molecule is Cc1ccc(NP2(=S)/C(=C3\N(C)c4ccccc4C3(C)C)C=NN2c2ccccc2)cc1. The summed E-state index contributed by atoms with van der Waals surface area (Å²) in [5.74, 6) is 0. The Hall–Kier alpha value is -2.88. The summed E-state index contributed by atoms with van der Waals surface area (Å²) in [4.78, 5) is 2.29. The number of nitrogens with one attached hydrogen (secondary N) is 1. The van der Waals surface area contributed by atoms with Gasteiger partial charge >= 0.3 is 0 Å². The Bertz CT molecular complexity index is 1280. The summed E-state index contributed by atoms with van der Waals surface area (Å²) >= 11 is 6.53. The molecule has 1 atom stereocenters. The minimum Gasteiger partial charge on any atom is -0.346 e. The van der Waals surface area contributed by atoms with E-state index in [0.29, 0.717) is 0 Å². The first-order valence-electron chi connectivity index (χ1n) is 10.8. The van der Waals surface area contributed by atoms with E-state index >= 15 is 0 Å². The molecule has 2 heterocycles. The fraction of sp³-hybridized carbons (Fsp3) is 0.192. The van der Waals surface area contributed by atoms with Crippen LogP contribution in [0.5, 0.6) is 0 Å². The van der Waals surface area contributed by atoms with E-state index in [1.165, 1.54) is 22.5 Å². The smallest absolute Gasteiger partial charge is 0.174 e. The van der Waals surface area contributed by atoms with Crippen molar-refractivity contribution in [3.63, 3.8) is 0 Å². The van der Waals surface area contributed by atoms with Crippen LogP contribution in [0.1, 0.15) is 25.0 Å². The number of aryl methyl sites for hydroxylation is 1. The molecule has 162 valence electrons. The molecule has 0 bridgehead atoms. The molecule has 3 aromatic rings. The Kier molecular flexibility index (Phi) is 4.99. The summed E-state index contributed by atoms with van der Waals surface area (Å²) in [5, 5.41) is 9.71. The molecule has 0 radical (unpaired) electrons. The second-order valence-corrected chi connectivity index (χ2v) is 12.7. The lowest BCUT2D eigenvalue weighted by Crippen LogP contribution is -2.26. The van der Waals surface area contributed by atoms with Crippen LogP contribution in [0.3, 0.4) is 0 Å². The summed E-state index contributed by atoms with van der Waals surface area (Å²) in [6.07, 6.45) is -0.531. The first kappa shape index (κ1) is 21.0. The van der Waals surface area contributed by atoms with Crippen molar-refractivity contribution in [1.29, 1.82) is 0 Å². The van der Waals surface area contributed by atoms with Crippen molar-refractivity contribution in [3.05, 3.63) is 101 Å². The van der Waals surface area contributed by atoms with Crippen molar-refractivity contribution < 1.29 is 0 Å². The highest BCUT2D eigenvalue weighted by molar-refractivity contribution is 8.18. The number of nitrogens with zero attached hydrogens (tertiary/aromatic N) is 3. The van der Waals surface area contributed by atoms with Crippen molar-refractivity contribution in [3.8, 4) is 0 Å². The fourth-order valence-electron chi connectivity index (χ4n) is 4.72. The topological polar surface area (TPSA) is 30.9 Å². The molecule has 2 aliphatic rings. The van der Waals surface area contributed by atoms with Gasteiger partial charge in [-0.25, -0.2) is 4.78 Å². The van der Waals surface area contributed by atoms with Crippen LogP contribution in [-0.4, -0.2) is 13.3 Å². The molecule has 0 amide bonds. The Labute approximate surface area is 195 Å². The third-order valence-electron chi connectivity index (χ3n) is 6.31. The van der Waals surface area contributed by atoms with Gasteiger partial charge in [0.05, 0.1) is 17.2 Å². The van der Waals surface area contributed by atoms with Crippen LogP contribution < -0.4 is 14.8 Å². The van der Waals surface area contributed by atoms with E-state index in [4.69, 9.17) is 16.9 Å². The Balaban J connectivity index is 1.70. The van der Waals surface area contributed by atoms with Gasteiger partial charge in [0.2, 0.25) is 0 Å². The standard InChI is InChI=1S/C26H27N4PS/c1-19-14-16-20(17-15-19)28-31(32)24(18-27-30(31)21-10-6-5-7-11-21)25-26(2,3)22-12-8-9-13-23(22)29(25)4/h5-18H,1-4H3,(H,28,32)/b25-24-. The normalized spacial score (nSPS) is 23.5. The van der Waals surface area contributed by atoms with Gasteiger partial charge in [-0.1, -0.05) is 67.9 Å². The molecule has 3 aromatic carbocycles. The molecule has 0 spiro atoms. The predicted octanol–water partition coefficient (Wildman–Crippen LogP) is 6.86. The minimum atomic E-state index is -2.51. The number of hydrazone groups is 1. The summed E-state index contributed by atoms with van der Waals surface area (Å²) in [5.41, 5.74) is 6.80. The van der Waals surface area contributed by atoms with Crippen molar-refractivity contribution >= 4 is 41.4 Å². The second-order valence-electron chi connectivity index (χ2n) is 8.86. The van der Waals surface area contributed by atoms with Crippen LogP contribution in [-0.2, 0) is 17.2 Å². The second kappa shape index (κ2) is 7.61. The molecule has 6 heteroatoms. The summed E-state index contributed by atoms with van der Waals surface area (Å²) < 4.78 is 2.03. The average molecular weight is 459 g/mol. The van der Waals surface area contributed by atoms with Gasteiger partial charge < -0.3 is 9.99 Å². The van der Waals surface area contributed by atoms with E-state index in [1.54, 1.807) is 0 Å². The number of rotatable bonds is 3. The molecule has 2 aliphatic heterocycles. The molecule has 0 aromatic heterocycles. The number of fused-ring (bicyclic) bond motifs is 1. The van der Waals surface area contributed by atoms with Gasteiger partial charge in [-0.3, -0.25) is 0 Å². The molecular weight excluding hydrogens is 431 g/mol. The van der Waals surface area contributed by atoms with Crippen molar-refractivity contribution in [1.82, 2.24) is 0 Å². The zero-order chi connectivity index (χ0) is 22.5. The van der Waals surface area contributed by atoms with Gasteiger partial charge in [0.15, 0.2) is 6.34 Å². The molecule has 4 nitrogen and oxygen atoms in total. The zero-order valence-corrected chi connectivity index (χ0v) is 20.5. The lowest BCUT2D eigenvalue weighted by molar-refractivity contribution is 0.640. The number of anilines is 3. The van der Waals surface area contributed by atoms with Crippen molar-refractivity contribution in [2.45, 2.75) is 26.2 Å². The van der Waals surface area contributed by atoms with Gasteiger partial charge in [-0.15, -0.1) is 0 Å². The summed E-state index contributed by atoms with van der Waals surface area (Å²) in [6, 6.07) is 27.3. The molecule has 5 rings (SSSR count). The van der Waals surface area contributed by atoms with E-state index < -0.39 is 6.34 Å². The van der Waals surface area contributed by atoms with E-state index in [9.17, 15) is 0 Å². The van der Waals surface area contributed by atoms with Gasteiger partial charge in [0.25, 0.3) is 0 Å². The van der Waals surface area contributed by atoms with Crippen LogP contribution in [0.25, 0.3) is 0 Å². The minimum absolute atomic E-state index is 0.182. The predicted molar refractivity (Wildman–Crippen MR) is 141 cm³/mol. The highest BCUT2D eigenvalue weighted by Gasteiger charge is 2.46. The van der Waals surface area contributed by atoms with Crippen LogP contribution in [0.15, 0.2) is 95.0 Å². The molecule has 1 N–H and O–H groups in total. The molecule has 0 aliphatic carbocycles. The average Bonchev–Trinajstić information content (AvgIpc) is 3.21. The van der Waals surface area contributed by atoms with Crippen molar-refractivity contribution in [2.24, 2.45) is 5.10 Å². The Morgan fingerprint density at radius 3 is 2.25 bits per heavy atom. The van der Waals surface area contributed by atoms with Crippen molar-refractivity contribution in [2.75, 3.05) is 21.8 Å². The molecule has 0 saturated heterocycles. The number of benzene rings is 3. The van der Waals surface area contributed by atoms with E-state index in [-0.39, 0.29) is 5.41 Å². The summed E-state index contributed by atoms with van der Waals surface area (Å²) in [7, 11) is 2.14. The first-order chi connectivity index (χ1) is 15.3. The molecule has 0 saturated carbocycles. The lowest BCUT2D eigenvalue weighted by Gasteiger charge is -2.34.